The zero-order valence-corrected chi connectivity index (χ0v) is 17.4. The summed E-state index contributed by atoms with van der Waals surface area (Å²) >= 11 is 3.34. The lowest BCUT2D eigenvalue weighted by molar-refractivity contribution is -0.146. The molecule has 1 unspecified atom stereocenters. The highest BCUT2D eigenvalue weighted by molar-refractivity contribution is 8.01. The Hall–Kier alpha value is -2.22. The van der Waals surface area contributed by atoms with Crippen molar-refractivity contribution < 1.29 is 14.7 Å². The number of fused-ring (bicyclic) bond motifs is 1. The first-order valence-electron chi connectivity index (χ1n) is 9.45. The molecule has 5 nitrogen and oxygen atoms in total. The summed E-state index contributed by atoms with van der Waals surface area (Å²) < 4.78 is 0. The molecule has 150 valence electrons. The first-order chi connectivity index (χ1) is 14.2. The van der Waals surface area contributed by atoms with Gasteiger partial charge in [-0.25, -0.2) is 0 Å². The fourth-order valence-corrected chi connectivity index (χ4v) is 5.99. The molecule has 0 aliphatic carbocycles. The maximum Gasteiger partial charge on any atom is 0.253 e. The van der Waals surface area contributed by atoms with Crippen molar-refractivity contribution in [2.45, 2.75) is 22.7 Å². The normalized spacial score (nSPS) is 20.9. The fraction of sp³-hybridized carbons (Fsp3) is 0.273. The standard InChI is InChI=1S/C22H22N2O3S2/c25-12-18-16(13-28-17-9-5-2-6-10-17)14-29-22-20(21(27)24(18)22)23-19(26)11-15-7-3-1-4-8-15/h1-10,20,22,25H,11-14H2,(H,23,26)/t20-,22?/m1/s1. The SMILES string of the molecule is O=C(Cc1ccccc1)N[C@@H]1C(=O)N2C(CO)=C(CSc3ccccc3)CSC12. The van der Waals surface area contributed by atoms with Crippen LogP contribution in [-0.2, 0) is 16.0 Å². The van der Waals surface area contributed by atoms with Gasteiger partial charge in [0.05, 0.1) is 13.0 Å². The molecular weight excluding hydrogens is 404 g/mol. The summed E-state index contributed by atoms with van der Waals surface area (Å²) in [6.07, 6.45) is 0.254. The summed E-state index contributed by atoms with van der Waals surface area (Å²) in [7, 11) is 0. The summed E-state index contributed by atoms with van der Waals surface area (Å²) in [5.41, 5.74) is 2.68. The molecule has 7 heteroatoms. The molecule has 0 radical (unpaired) electrons. The summed E-state index contributed by atoms with van der Waals surface area (Å²) in [5.74, 6) is 1.17. The van der Waals surface area contributed by atoms with Gasteiger partial charge in [-0.3, -0.25) is 14.5 Å². The number of aliphatic hydroxyl groups is 1. The maximum absolute atomic E-state index is 12.7. The molecule has 2 atom stereocenters. The highest BCUT2D eigenvalue weighted by Gasteiger charge is 2.52. The number of thioether (sulfide) groups is 2. The van der Waals surface area contributed by atoms with E-state index in [1.165, 1.54) is 0 Å². The number of amides is 2. The number of hydrogen-bond donors (Lipinski definition) is 2. The molecule has 0 aromatic heterocycles. The number of benzene rings is 2. The second-order valence-corrected chi connectivity index (χ2v) is 9.08. The number of aliphatic hydroxyl groups excluding tert-OH is 1. The van der Waals surface area contributed by atoms with Crippen molar-refractivity contribution in [3.8, 4) is 0 Å². The molecule has 2 amide bonds. The van der Waals surface area contributed by atoms with Gasteiger partial charge in [0, 0.05) is 22.1 Å². The minimum absolute atomic E-state index is 0.144. The van der Waals surface area contributed by atoms with Gasteiger partial charge in [0.2, 0.25) is 5.91 Å². The predicted octanol–water partition coefficient (Wildman–Crippen LogP) is 2.67. The van der Waals surface area contributed by atoms with Crippen molar-refractivity contribution in [1.29, 1.82) is 0 Å². The van der Waals surface area contributed by atoms with Crippen LogP contribution in [-0.4, -0.2) is 51.3 Å². The highest BCUT2D eigenvalue weighted by Crippen LogP contribution is 2.41. The number of hydrogen-bond acceptors (Lipinski definition) is 5. The Morgan fingerprint density at radius 1 is 1.14 bits per heavy atom. The Balaban J connectivity index is 1.39. The van der Waals surface area contributed by atoms with Crippen molar-refractivity contribution in [3.05, 3.63) is 77.5 Å². The van der Waals surface area contributed by atoms with Gasteiger partial charge in [0.1, 0.15) is 11.4 Å². The van der Waals surface area contributed by atoms with Crippen LogP contribution in [0.5, 0.6) is 0 Å². The third kappa shape index (κ3) is 4.37. The topological polar surface area (TPSA) is 69.6 Å². The zero-order chi connectivity index (χ0) is 20.2. The van der Waals surface area contributed by atoms with Gasteiger partial charge in [0.25, 0.3) is 5.91 Å². The minimum atomic E-state index is -0.527. The van der Waals surface area contributed by atoms with Crippen molar-refractivity contribution in [2.24, 2.45) is 0 Å². The molecule has 4 rings (SSSR count). The van der Waals surface area contributed by atoms with Crippen LogP contribution < -0.4 is 5.32 Å². The number of carbonyl (C=O) groups is 2. The lowest BCUT2D eigenvalue weighted by atomic mass is 10.0. The molecule has 1 saturated heterocycles. The Kier molecular flexibility index (Phi) is 6.28. The summed E-state index contributed by atoms with van der Waals surface area (Å²) in [6.45, 7) is -0.168. The lowest BCUT2D eigenvalue weighted by Crippen LogP contribution is -2.70. The van der Waals surface area contributed by atoms with E-state index in [0.717, 1.165) is 27.5 Å². The van der Waals surface area contributed by atoms with Gasteiger partial charge in [-0.1, -0.05) is 48.5 Å². The molecule has 2 heterocycles. The van der Waals surface area contributed by atoms with Crippen molar-refractivity contribution >= 4 is 35.3 Å². The zero-order valence-electron chi connectivity index (χ0n) is 15.8. The predicted molar refractivity (Wildman–Crippen MR) is 116 cm³/mol. The van der Waals surface area contributed by atoms with Crippen LogP contribution in [0.4, 0.5) is 0 Å². The van der Waals surface area contributed by atoms with Gasteiger partial charge < -0.3 is 10.4 Å². The van der Waals surface area contributed by atoms with E-state index in [1.807, 2.05) is 48.5 Å². The molecule has 1 fully saturated rings. The van der Waals surface area contributed by atoms with Gasteiger partial charge >= 0.3 is 0 Å². The molecule has 2 aliphatic rings. The molecule has 29 heavy (non-hydrogen) atoms. The molecule has 0 saturated carbocycles. The smallest absolute Gasteiger partial charge is 0.253 e. The van der Waals surface area contributed by atoms with E-state index in [9.17, 15) is 14.7 Å². The fourth-order valence-electron chi connectivity index (χ4n) is 3.50. The van der Waals surface area contributed by atoms with E-state index < -0.39 is 6.04 Å². The van der Waals surface area contributed by atoms with Crippen LogP contribution in [0.2, 0.25) is 0 Å². The third-order valence-electron chi connectivity index (χ3n) is 5.00. The number of carbonyl (C=O) groups excluding carboxylic acids is 2. The van der Waals surface area contributed by atoms with Crippen LogP contribution in [0, 0.1) is 0 Å². The summed E-state index contributed by atoms with van der Waals surface area (Å²) in [6, 6.07) is 19.0. The maximum atomic E-state index is 12.7. The van der Waals surface area contributed by atoms with E-state index in [0.29, 0.717) is 5.70 Å². The van der Waals surface area contributed by atoms with Crippen LogP contribution >= 0.6 is 23.5 Å². The molecular formula is C22H22N2O3S2. The van der Waals surface area contributed by atoms with E-state index in [2.05, 4.69) is 17.4 Å². The summed E-state index contributed by atoms with van der Waals surface area (Å²) in [4.78, 5) is 27.9. The molecule has 2 N–H and O–H groups in total. The van der Waals surface area contributed by atoms with Crippen LogP contribution in [0.1, 0.15) is 5.56 Å². The van der Waals surface area contributed by atoms with Gasteiger partial charge in [-0.05, 0) is 23.3 Å². The number of rotatable bonds is 7. The van der Waals surface area contributed by atoms with Crippen LogP contribution in [0.25, 0.3) is 0 Å². The minimum Gasteiger partial charge on any atom is -0.390 e. The van der Waals surface area contributed by atoms with E-state index >= 15 is 0 Å². The molecule has 2 aliphatic heterocycles. The van der Waals surface area contributed by atoms with Crippen molar-refractivity contribution in [1.82, 2.24) is 10.2 Å². The Morgan fingerprint density at radius 3 is 2.52 bits per heavy atom. The monoisotopic (exact) mass is 426 g/mol. The largest absolute Gasteiger partial charge is 0.390 e. The highest BCUT2D eigenvalue weighted by atomic mass is 32.2. The molecule has 2 aromatic rings. The van der Waals surface area contributed by atoms with E-state index in [-0.39, 0.29) is 30.2 Å². The molecule has 2 aromatic carbocycles. The molecule has 0 bridgehead atoms. The van der Waals surface area contributed by atoms with E-state index in [1.54, 1.807) is 28.4 Å². The quantitative estimate of drug-likeness (QED) is 0.526. The van der Waals surface area contributed by atoms with Crippen molar-refractivity contribution in [2.75, 3.05) is 18.1 Å². The Labute approximate surface area is 178 Å². The number of nitrogens with zero attached hydrogens (tertiary/aromatic N) is 1. The first kappa shape index (κ1) is 20.1. The molecule has 0 spiro atoms. The van der Waals surface area contributed by atoms with Gasteiger partial charge in [-0.2, -0.15) is 0 Å². The van der Waals surface area contributed by atoms with E-state index in [4.69, 9.17) is 0 Å². The average Bonchev–Trinajstić information content (AvgIpc) is 2.76. The third-order valence-corrected chi connectivity index (χ3v) is 7.44. The van der Waals surface area contributed by atoms with Crippen molar-refractivity contribution in [3.63, 3.8) is 0 Å². The summed E-state index contributed by atoms with van der Waals surface area (Å²) in [5, 5.41) is 12.6. The Morgan fingerprint density at radius 2 is 1.83 bits per heavy atom. The average molecular weight is 427 g/mol. The second kappa shape index (κ2) is 9.07. The Bertz CT molecular complexity index is 918. The number of β-lactam (4-membered cyclic amide) rings is 1. The number of nitrogens with one attached hydrogen (secondary N) is 1. The van der Waals surface area contributed by atoms with Gasteiger partial charge in [-0.15, -0.1) is 23.5 Å². The van der Waals surface area contributed by atoms with Crippen LogP contribution in [0.15, 0.2) is 76.8 Å². The second-order valence-electron chi connectivity index (χ2n) is 6.93. The first-order valence-corrected chi connectivity index (χ1v) is 11.5. The van der Waals surface area contributed by atoms with Gasteiger partial charge in [0.15, 0.2) is 0 Å². The van der Waals surface area contributed by atoms with Crippen LogP contribution in [0.3, 0.4) is 0 Å². The lowest BCUT2D eigenvalue weighted by Gasteiger charge is -2.50.